The van der Waals surface area contributed by atoms with Crippen molar-refractivity contribution in [1.29, 1.82) is 0 Å². The third-order valence-electron chi connectivity index (χ3n) is 6.74. The summed E-state index contributed by atoms with van der Waals surface area (Å²) in [6.45, 7) is 4.80. The van der Waals surface area contributed by atoms with Gasteiger partial charge in [-0.15, -0.1) is 0 Å². The minimum absolute atomic E-state index is 0.181. The monoisotopic (exact) mass is 475 g/mol. The highest BCUT2D eigenvalue weighted by Gasteiger charge is 2.31. The van der Waals surface area contributed by atoms with E-state index in [1.807, 2.05) is 36.4 Å². The Bertz CT molecular complexity index is 1220. The lowest BCUT2D eigenvalue weighted by molar-refractivity contribution is 0.0668. The lowest BCUT2D eigenvalue weighted by atomic mass is 9.84. The second-order valence-electron chi connectivity index (χ2n) is 9.17. The van der Waals surface area contributed by atoms with Gasteiger partial charge in [-0.3, -0.25) is 9.29 Å². The number of phenols is 2. The molecule has 2 aliphatic rings. The fourth-order valence-corrected chi connectivity index (χ4v) is 4.95. The molecule has 1 fully saturated rings. The van der Waals surface area contributed by atoms with E-state index in [1.165, 1.54) is 0 Å². The number of likely N-dealkylation sites (tertiary alicyclic amines) is 1. The van der Waals surface area contributed by atoms with Crippen molar-refractivity contribution in [1.82, 2.24) is 4.90 Å². The number of allylic oxidation sites excluding steroid dienone is 1. The SMILES string of the molecule is CCC1=C(c2cccc(O)c2)[C@H](c2ccc(OCCN3CC(CF)C3)cc2)Oc2ccc(O)cc21. The van der Waals surface area contributed by atoms with Crippen molar-refractivity contribution in [2.45, 2.75) is 19.4 Å². The van der Waals surface area contributed by atoms with Crippen molar-refractivity contribution >= 4 is 11.1 Å². The van der Waals surface area contributed by atoms with E-state index in [0.717, 1.165) is 65.4 Å². The number of hydrogen-bond acceptors (Lipinski definition) is 5. The summed E-state index contributed by atoms with van der Waals surface area (Å²) in [6.07, 6.45) is 0.360. The molecule has 0 aliphatic carbocycles. The van der Waals surface area contributed by atoms with Gasteiger partial charge in [0.25, 0.3) is 0 Å². The molecule has 2 heterocycles. The maximum absolute atomic E-state index is 12.6. The molecule has 0 saturated carbocycles. The van der Waals surface area contributed by atoms with Crippen LogP contribution in [0.25, 0.3) is 11.1 Å². The zero-order chi connectivity index (χ0) is 24.4. The number of halogens is 1. The third-order valence-corrected chi connectivity index (χ3v) is 6.74. The molecule has 0 radical (unpaired) electrons. The van der Waals surface area contributed by atoms with Crippen LogP contribution in [0.5, 0.6) is 23.0 Å². The second kappa shape index (κ2) is 10.0. The molecule has 1 saturated heterocycles. The Balaban J connectivity index is 1.41. The molecular weight excluding hydrogens is 445 g/mol. The summed E-state index contributed by atoms with van der Waals surface area (Å²) in [5, 5.41) is 20.3. The van der Waals surface area contributed by atoms with Gasteiger partial charge in [-0.25, -0.2) is 0 Å². The van der Waals surface area contributed by atoms with E-state index in [1.54, 1.807) is 30.3 Å². The lowest BCUT2D eigenvalue weighted by Gasteiger charge is -2.37. The molecule has 1 atom stereocenters. The smallest absolute Gasteiger partial charge is 0.150 e. The first-order valence-electron chi connectivity index (χ1n) is 12.1. The molecule has 35 heavy (non-hydrogen) atoms. The van der Waals surface area contributed by atoms with Gasteiger partial charge in [0.2, 0.25) is 0 Å². The van der Waals surface area contributed by atoms with Crippen LogP contribution in [0.3, 0.4) is 0 Å². The molecule has 0 spiro atoms. The highest BCUT2D eigenvalue weighted by molar-refractivity contribution is 5.96. The summed E-state index contributed by atoms with van der Waals surface area (Å²) in [7, 11) is 0. The molecule has 3 aromatic rings. The van der Waals surface area contributed by atoms with Gasteiger partial charge in [0.15, 0.2) is 0 Å². The van der Waals surface area contributed by atoms with Crippen molar-refractivity contribution in [3.8, 4) is 23.0 Å². The summed E-state index contributed by atoms with van der Waals surface area (Å²) in [6, 6.07) is 20.2. The van der Waals surface area contributed by atoms with Crippen LogP contribution in [0.1, 0.15) is 36.1 Å². The largest absolute Gasteiger partial charge is 0.508 e. The molecule has 0 unspecified atom stereocenters. The average molecular weight is 476 g/mol. The summed E-state index contributed by atoms with van der Waals surface area (Å²) in [4.78, 5) is 2.20. The maximum atomic E-state index is 12.6. The minimum Gasteiger partial charge on any atom is -0.508 e. The first kappa shape index (κ1) is 23.2. The molecular formula is C29H30FNO4. The number of ether oxygens (including phenoxy) is 2. The molecule has 0 amide bonds. The molecule has 3 aromatic carbocycles. The summed E-state index contributed by atoms with van der Waals surface area (Å²) in [5.41, 5.74) is 4.74. The van der Waals surface area contributed by atoms with Crippen molar-refractivity contribution in [2.75, 3.05) is 32.9 Å². The van der Waals surface area contributed by atoms with E-state index in [2.05, 4.69) is 11.8 Å². The Morgan fingerprint density at radius 3 is 2.49 bits per heavy atom. The summed E-state index contributed by atoms with van der Waals surface area (Å²) >= 11 is 0. The zero-order valence-corrected chi connectivity index (χ0v) is 19.8. The molecule has 5 nitrogen and oxygen atoms in total. The molecule has 6 heteroatoms. The fourth-order valence-electron chi connectivity index (χ4n) is 4.95. The third kappa shape index (κ3) is 4.84. The van der Waals surface area contributed by atoms with E-state index >= 15 is 0 Å². The van der Waals surface area contributed by atoms with Crippen LogP contribution >= 0.6 is 0 Å². The second-order valence-corrected chi connectivity index (χ2v) is 9.17. The van der Waals surface area contributed by atoms with Crippen LogP contribution in [0.15, 0.2) is 66.7 Å². The Labute approximate surface area is 205 Å². The van der Waals surface area contributed by atoms with Crippen LogP contribution in [0.2, 0.25) is 0 Å². The number of benzene rings is 3. The molecule has 0 bridgehead atoms. The van der Waals surface area contributed by atoms with Crippen LogP contribution < -0.4 is 9.47 Å². The standard InChI is InChI=1S/C29H30FNO4/c1-2-25-26-15-23(33)8-11-27(26)35-29(28(25)21-4-3-5-22(32)14-21)20-6-9-24(10-7-20)34-13-12-31-17-19(16-30)18-31/h3-11,14-15,19,29,32-33H,2,12-13,16-18H2,1H3/t29-/m0/s1. The number of aromatic hydroxyl groups is 2. The zero-order valence-electron chi connectivity index (χ0n) is 19.8. The predicted molar refractivity (Wildman–Crippen MR) is 135 cm³/mol. The quantitative estimate of drug-likeness (QED) is 0.429. The minimum atomic E-state index is -0.378. The van der Waals surface area contributed by atoms with Crippen LogP contribution in [0.4, 0.5) is 4.39 Å². The van der Waals surface area contributed by atoms with Gasteiger partial charge < -0.3 is 19.7 Å². The predicted octanol–water partition coefficient (Wildman–Crippen LogP) is 5.83. The van der Waals surface area contributed by atoms with Crippen molar-refractivity contribution in [3.63, 3.8) is 0 Å². The van der Waals surface area contributed by atoms with Gasteiger partial charge in [-0.2, -0.15) is 0 Å². The lowest BCUT2D eigenvalue weighted by Crippen LogP contribution is -2.49. The van der Waals surface area contributed by atoms with Crippen LogP contribution in [0, 0.1) is 5.92 Å². The van der Waals surface area contributed by atoms with Gasteiger partial charge in [0, 0.05) is 36.7 Å². The Hall–Kier alpha value is -3.51. The van der Waals surface area contributed by atoms with E-state index in [4.69, 9.17) is 9.47 Å². The molecule has 0 aromatic heterocycles. The number of nitrogens with zero attached hydrogens (tertiary/aromatic N) is 1. The first-order valence-corrected chi connectivity index (χ1v) is 12.1. The Kier molecular flexibility index (Phi) is 6.64. The van der Waals surface area contributed by atoms with Crippen molar-refractivity contribution < 1.29 is 24.1 Å². The van der Waals surface area contributed by atoms with Gasteiger partial charge in [0.1, 0.15) is 35.7 Å². The first-order chi connectivity index (χ1) is 17.1. The Morgan fingerprint density at radius 2 is 1.77 bits per heavy atom. The molecule has 182 valence electrons. The van der Waals surface area contributed by atoms with E-state index in [-0.39, 0.29) is 30.2 Å². The topological polar surface area (TPSA) is 62.2 Å². The van der Waals surface area contributed by atoms with Crippen molar-refractivity contribution in [3.05, 3.63) is 83.4 Å². The highest BCUT2D eigenvalue weighted by Crippen LogP contribution is 2.49. The molecule has 2 aliphatic heterocycles. The molecule has 2 N–H and O–H groups in total. The number of rotatable bonds is 8. The number of phenolic OH excluding ortho intramolecular Hbond substituents is 2. The maximum Gasteiger partial charge on any atom is 0.150 e. The van der Waals surface area contributed by atoms with Crippen molar-refractivity contribution in [2.24, 2.45) is 5.92 Å². The van der Waals surface area contributed by atoms with Gasteiger partial charge >= 0.3 is 0 Å². The van der Waals surface area contributed by atoms with E-state index < -0.39 is 0 Å². The van der Waals surface area contributed by atoms with Crippen LogP contribution in [-0.4, -0.2) is 48.0 Å². The number of hydrogen-bond donors (Lipinski definition) is 2. The van der Waals surface area contributed by atoms with E-state index in [9.17, 15) is 14.6 Å². The van der Waals surface area contributed by atoms with E-state index in [0.29, 0.717) is 6.61 Å². The molecule has 5 rings (SSSR count). The fraction of sp³-hybridized carbons (Fsp3) is 0.310. The van der Waals surface area contributed by atoms with Crippen LogP contribution in [-0.2, 0) is 0 Å². The summed E-state index contributed by atoms with van der Waals surface area (Å²) in [5.74, 6) is 2.05. The number of fused-ring (bicyclic) bond motifs is 1. The highest BCUT2D eigenvalue weighted by atomic mass is 19.1. The normalized spacial score (nSPS) is 18.1. The van der Waals surface area contributed by atoms with Gasteiger partial charge in [0.05, 0.1) is 6.67 Å². The Morgan fingerprint density at radius 1 is 1.00 bits per heavy atom. The number of alkyl halides is 1. The average Bonchev–Trinajstić information content (AvgIpc) is 2.84. The van der Waals surface area contributed by atoms with Gasteiger partial charge in [-0.05, 0) is 65.6 Å². The van der Waals surface area contributed by atoms with Gasteiger partial charge in [-0.1, -0.05) is 31.2 Å². The summed E-state index contributed by atoms with van der Waals surface area (Å²) < 4.78 is 25.0.